The van der Waals surface area contributed by atoms with Crippen LogP contribution in [0.25, 0.3) is 0 Å². The fraction of sp³-hybridized carbons (Fsp3) is 0.0556. The van der Waals surface area contributed by atoms with Gasteiger partial charge in [0, 0.05) is 18.9 Å². The fourth-order valence-electron chi connectivity index (χ4n) is 2.16. The molecule has 1 aromatic heterocycles. The van der Waals surface area contributed by atoms with Crippen LogP contribution in [-0.4, -0.2) is 22.9 Å². The lowest BCUT2D eigenvalue weighted by atomic mass is 10.2. The summed E-state index contributed by atoms with van der Waals surface area (Å²) in [6.45, 7) is 0. The van der Waals surface area contributed by atoms with Crippen molar-refractivity contribution < 1.29 is 4.79 Å². The second-order valence-electron chi connectivity index (χ2n) is 5.07. The van der Waals surface area contributed by atoms with Crippen LogP contribution in [0.2, 0.25) is 5.02 Å². The Morgan fingerprint density at radius 3 is 2.50 bits per heavy atom. The monoisotopic (exact) mass is 338 g/mol. The zero-order valence-electron chi connectivity index (χ0n) is 13.0. The number of para-hydroxylation sites is 2. The lowest BCUT2D eigenvalue weighted by Crippen LogP contribution is -2.27. The first-order valence-electron chi connectivity index (χ1n) is 7.33. The molecular formula is C18H15ClN4O. The molecule has 24 heavy (non-hydrogen) atoms. The highest BCUT2D eigenvalue weighted by Gasteiger charge is 2.15. The summed E-state index contributed by atoms with van der Waals surface area (Å²) in [5, 5.41) is 3.58. The molecule has 0 unspecified atom stereocenters. The molecule has 3 aromatic rings. The van der Waals surface area contributed by atoms with Crippen LogP contribution in [0.1, 0.15) is 10.5 Å². The minimum Gasteiger partial charge on any atom is -0.323 e. The summed E-state index contributed by atoms with van der Waals surface area (Å²) in [7, 11) is 1.71. The van der Waals surface area contributed by atoms with Crippen LogP contribution in [0, 0.1) is 0 Å². The number of nitrogens with one attached hydrogen (secondary N) is 1. The van der Waals surface area contributed by atoms with Gasteiger partial charge in [0.25, 0.3) is 5.91 Å². The number of carbonyl (C=O) groups excluding carboxylic acids is 1. The summed E-state index contributed by atoms with van der Waals surface area (Å²) in [6, 6.07) is 18.2. The van der Waals surface area contributed by atoms with Crippen molar-refractivity contribution in [3.05, 3.63) is 77.6 Å². The van der Waals surface area contributed by atoms with Gasteiger partial charge in [-0.05, 0) is 30.3 Å². The third kappa shape index (κ3) is 3.52. The van der Waals surface area contributed by atoms with Crippen molar-refractivity contribution in [2.45, 2.75) is 0 Å². The van der Waals surface area contributed by atoms with Crippen LogP contribution in [-0.2, 0) is 0 Å². The van der Waals surface area contributed by atoms with Gasteiger partial charge in [0.2, 0.25) is 5.95 Å². The van der Waals surface area contributed by atoms with Gasteiger partial charge in [-0.15, -0.1) is 0 Å². The van der Waals surface area contributed by atoms with Gasteiger partial charge in [0.05, 0.1) is 10.7 Å². The molecule has 5 nitrogen and oxygen atoms in total. The maximum Gasteiger partial charge on any atom is 0.276 e. The number of hydrogen-bond donors (Lipinski definition) is 1. The molecule has 120 valence electrons. The zero-order valence-corrected chi connectivity index (χ0v) is 13.7. The third-order valence-electron chi connectivity index (χ3n) is 3.44. The molecule has 3 rings (SSSR count). The molecule has 0 fully saturated rings. The van der Waals surface area contributed by atoms with Crippen molar-refractivity contribution in [2.24, 2.45) is 0 Å². The van der Waals surface area contributed by atoms with Crippen LogP contribution < -0.4 is 10.2 Å². The summed E-state index contributed by atoms with van der Waals surface area (Å²) in [5.41, 5.74) is 1.77. The molecule has 1 heterocycles. The highest BCUT2D eigenvalue weighted by atomic mass is 35.5. The predicted molar refractivity (Wildman–Crippen MR) is 95.9 cm³/mol. The minimum atomic E-state index is -0.217. The molecule has 2 aromatic carbocycles. The number of aromatic nitrogens is 2. The molecule has 1 amide bonds. The Morgan fingerprint density at radius 2 is 1.75 bits per heavy atom. The van der Waals surface area contributed by atoms with Gasteiger partial charge in [-0.3, -0.25) is 4.79 Å². The van der Waals surface area contributed by atoms with Crippen molar-refractivity contribution in [3.63, 3.8) is 0 Å². The van der Waals surface area contributed by atoms with Gasteiger partial charge in [-0.2, -0.15) is 0 Å². The van der Waals surface area contributed by atoms with Crippen LogP contribution in [0.5, 0.6) is 0 Å². The van der Waals surface area contributed by atoms with Gasteiger partial charge in [0.15, 0.2) is 0 Å². The Labute approximate surface area is 144 Å². The number of carbonyl (C=O) groups is 1. The molecule has 0 saturated carbocycles. The van der Waals surface area contributed by atoms with Crippen molar-refractivity contribution >= 4 is 34.8 Å². The second-order valence-corrected chi connectivity index (χ2v) is 5.48. The summed E-state index contributed by atoms with van der Waals surface area (Å²) < 4.78 is 0. The Balaban J connectivity index is 1.82. The van der Waals surface area contributed by atoms with Crippen LogP contribution in [0.4, 0.5) is 17.3 Å². The van der Waals surface area contributed by atoms with Crippen LogP contribution >= 0.6 is 11.6 Å². The Kier molecular flexibility index (Phi) is 4.72. The van der Waals surface area contributed by atoms with Crippen molar-refractivity contribution in [3.8, 4) is 0 Å². The first kappa shape index (κ1) is 16.0. The van der Waals surface area contributed by atoms with E-state index in [1.54, 1.807) is 24.1 Å². The molecule has 6 heteroatoms. The van der Waals surface area contributed by atoms with E-state index in [0.717, 1.165) is 5.69 Å². The van der Waals surface area contributed by atoms with Crippen molar-refractivity contribution in [1.29, 1.82) is 0 Å². The minimum absolute atomic E-state index is 0.217. The number of anilines is 3. The molecule has 0 aliphatic rings. The van der Waals surface area contributed by atoms with E-state index in [2.05, 4.69) is 15.3 Å². The van der Waals surface area contributed by atoms with Gasteiger partial charge in [0.1, 0.15) is 5.69 Å². The van der Waals surface area contributed by atoms with Gasteiger partial charge in [-0.1, -0.05) is 41.9 Å². The number of rotatable bonds is 4. The molecule has 0 aliphatic heterocycles. The highest BCUT2D eigenvalue weighted by Crippen LogP contribution is 2.23. The van der Waals surface area contributed by atoms with Crippen molar-refractivity contribution in [2.75, 3.05) is 17.3 Å². The number of amides is 1. The van der Waals surface area contributed by atoms with Crippen LogP contribution in [0.3, 0.4) is 0 Å². The number of nitrogens with zero attached hydrogens (tertiary/aromatic N) is 3. The molecule has 0 bridgehead atoms. The molecule has 0 spiro atoms. The van der Waals surface area contributed by atoms with E-state index in [9.17, 15) is 4.79 Å². The van der Waals surface area contributed by atoms with E-state index in [0.29, 0.717) is 22.4 Å². The summed E-state index contributed by atoms with van der Waals surface area (Å²) in [4.78, 5) is 22.6. The highest BCUT2D eigenvalue weighted by molar-refractivity contribution is 6.33. The lowest BCUT2D eigenvalue weighted by Gasteiger charge is -2.17. The Morgan fingerprint density at radius 1 is 1.04 bits per heavy atom. The topological polar surface area (TPSA) is 58.1 Å². The lowest BCUT2D eigenvalue weighted by molar-refractivity contribution is 0.0988. The van der Waals surface area contributed by atoms with Crippen LogP contribution in [0.15, 0.2) is 66.9 Å². The molecule has 0 radical (unpaired) electrons. The summed E-state index contributed by atoms with van der Waals surface area (Å²) >= 11 is 6.11. The first-order chi connectivity index (χ1) is 11.6. The fourth-order valence-corrected chi connectivity index (χ4v) is 2.34. The molecule has 0 saturated heterocycles. The van der Waals surface area contributed by atoms with E-state index in [4.69, 9.17) is 11.6 Å². The van der Waals surface area contributed by atoms with E-state index < -0.39 is 0 Å². The summed E-state index contributed by atoms with van der Waals surface area (Å²) in [5.74, 6) is 0.0984. The first-order valence-corrected chi connectivity index (χ1v) is 7.70. The normalized spacial score (nSPS) is 10.2. The predicted octanol–water partition coefficient (Wildman–Crippen LogP) is 4.15. The average molecular weight is 339 g/mol. The molecule has 0 aliphatic carbocycles. The second kappa shape index (κ2) is 7.10. The standard InChI is InChI=1S/C18H15ClN4O/c1-23(13-7-3-2-4-8-13)17(24)16-11-12-20-18(22-16)21-15-10-6-5-9-14(15)19/h2-12H,1H3,(H,20,21,22). The van der Waals surface area contributed by atoms with E-state index >= 15 is 0 Å². The number of benzene rings is 2. The number of halogens is 1. The van der Waals surface area contributed by atoms with Gasteiger partial charge >= 0.3 is 0 Å². The molecule has 0 atom stereocenters. The third-order valence-corrected chi connectivity index (χ3v) is 3.77. The quantitative estimate of drug-likeness (QED) is 0.776. The Hall–Kier alpha value is -2.92. The number of hydrogen-bond acceptors (Lipinski definition) is 4. The van der Waals surface area contributed by atoms with E-state index in [-0.39, 0.29) is 5.91 Å². The zero-order chi connectivity index (χ0) is 16.9. The Bertz CT molecular complexity index is 854. The molecule has 1 N–H and O–H groups in total. The summed E-state index contributed by atoms with van der Waals surface area (Å²) in [6.07, 6.45) is 1.54. The van der Waals surface area contributed by atoms with E-state index in [1.165, 1.54) is 6.20 Å². The largest absolute Gasteiger partial charge is 0.323 e. The van der Waals surface area contributed by atoms with Crippen molar-refractivity contribution in [1.82, 2.24) is 9.97 Å². The molecular weight excluding hydrogens is 324 g/mol. The smallest absolute Gasteiger partial charge is 0.276 e. The average Bonchev–Trinajstić information content (AvgIpc) is 2.63. The SMILES string of the molecule is CN(C(=O)c1ccnc(Nc2ccccc2Cl)n1)c1ccccc1. The maximum absolute atomic E-state index is 12.6. The van der Waals surface area contributed by atoms with Gasteiger partial charge < -0.3 is 10.2 Å². The van der Waals surface area contributed by atoms with Gasteiger partial charge in [-0.25, -0.2) is 9.97 Å². The van der Waals surface area contributed by atoms with E-state index in [1.807, 2.05) is 48.5 Å². The maximum atomic E-state index is 12.6.